The van der Waals surface area contributed by atoms with Gasteiger partial charge in [0.2, 0.25) is 11.8 Å². The Morgan fingerprint density at radius 1 is 0.976 bits per heavy atom. The molecule has 4 aliphatic rings. The molecular weight excluding hydrogens is 525 g/mol. The van der Waals surface area contributed by atoms with Crippen molar-refractivity contribution < 1.29 is 23.6 Å². The van der Waals surface area contributed by atoms with Crippen LogP contribution in [0.2, 0.25) is 0 Å². The number of amides is 4. The Morgan fingerprint density at radius 2 is 1.76 bits per heavy atom. The summed E-state index contributed by atoms with van der Waals surface area (Å²) in [5.41, 5.74) is 4.84. The number of aryl methyl sites for hydroxylation is 2. The van der Waals surface area contributed by atoms with E-state index in [-0.39, 0.29) is 24.6 Å². The predicted molar refractivity (Wildman–Crippen MR) is 145 cm³/mol. The Hall–Kier alpha value is -4.21. The third kappa shape index (κ3) is 4.55. The molecule has 210 valence electrons. The van der Waals surface area contributed by atoms with Crippen molar-refractivity contribution in [3.8, 4) is 11.3 Å². The Bertz CT molecular complexity index is 1620. The SMILES string of the molecule is Cc1nc(-c2cn(C3CC(CCc4ccc5c(c4)C(=O)N(C4CCC(=O)NC4=O)C5=O)C3)nc2C2CC2)ccc1F. The van der Waals surface area contributed by atoms with Gasteiger partial charge in [0.25, 0.3) is 11.8 Å². The number of hydrogen-bond donors (Lipinski definition) is 1. The molecule has 3 fully saturated rings. The maximum absolute atomic E-state index is 13.8. The summed E-state index contributed by atoms with van der Waals surface area (Å²) in [6.07, 6.45) is 8.31. The molecule has 2 aliphatic heterocycles. The number of imide groups is 2. The fraction of sp³-hybridized carbons (Fsp3) is 0.419. The monoisotopic (exact) mass is 555 g/mol. The van der Waals surface area contributed by atoms with Crippen molar-refractivity contribution in [1.29, 1.82) is 0 Å². The van der Waals surface area contributed by atoms with Crippen molar-refractivity contribution in [2.24, 2.45) is 5.92 Å². The van der Waals surface area contributed by atoms with E-state index in [1.165, 1.54) is 6.07 Å². The van der Waals surface area contributed by atoms with Crippen LogP contribution in [0.5, 0.6) is 0 Å². The van der Waals surface area contributed by atoms with E-state index in [4.69, 9.17) is 5.10 Å². The molecule has 1 N–H and O–H groups in total. The van der Waals surface area contributed by atoms with Crippen molar-refractivity contribution in [2.75, 3.05) is 0 Å². The molecule has 1 atom stereocenters. The zero-order valence-electron chi connectivity index (χ0n) is 22.7. The lowest BCUT2D eigenvalue weighted by molar-refractivity contribution is -0.136. The first-order valence-electron chi connectivity index (χ1n) is 14.3. The van der Waals surface area contributed by atoms with Crippen LogP contribution < -0.4 is 5.32 Å². The number of carbonyl (C=O) groups excluding carboxylic acids is 4. The van der Waals surface area contributed by atoms with E-state index in [9.17, 15) is 23.6 Å². The summed E-state index contributed by atoms with van der Waals surface area (Å²) in [5.74, 6) is -1.28. The number of pyridine rings is 1. The van der Waals surface area contributed by atoms with Gasteiger partial charge in [-0.25, -0.2) is 9.37 Å². The molecule has 1 unspecified atom stereocenters. The van der Waals surface area contributed by atoms with E-state index in [0.29, 0.717) is 34.7 Å². The van der Waals surface area contributed by atoms with Gasteiger partial charge in [0, 0.05) is 24.1 Å². The predicted octanol–water partition coefficient (Wildman–Crippen LogP) is 4.26. The molecule has 1 aromatic carbocycles. The molecule has 3 aromatic rings. The van der Waals surface area contributed by atoms with Crippen LogP contribution in [0.3, 0.4) is 0 Å². The summed E-state index contributed by atoms with van der Waals surface area (Å²) in [6, 6.07) is 7.90. The summed E-state index contributed by atoms with van der Waals surface area (Å²) in [7, 11) is 0. The molecule has 2 aromatic heterocycles. The number of nitrogens with one attached hydrogen (secondary N) is 1. The summed E-state index contributed by atoms with van der Waals surface area (Å²) in [4.78, 5) is 55.3. The summed E-state index contributed by atoms with van der Waals surface area (Å²) in [6.45, 7) is 1.68. The molecule has 0 spiro atoms. The molecule has 0 radical (unpaired) electrons. The third-order valence-electron chi connectivity index (χ3n) is 8.95. The molecule has 41 heavy (non-hydrogen) atoms. The second kappa shape index (κ2) is 9.71. The highest BCUT2D eigenvalue weighted by molar-refractivity contribution is 6.23. The number of carbonyl (C=O) groups is 4. The van der Waals surface area contributed by atoms with Crippen molar-refractivity contribution in [1.82, 2.24) is 25.0 Å². The molecule has 9 nitrogen and oxygen atoms in total. The quantitative estimate of drug-likeness (QED) is 0.436. The summed E-state index contributed by atoms with van der Waals surface area (Å²) in [5, 5.41) is 7.17. The van der Waals surface area contributed by atoms with Crippen molar-refractivity contribution in [3.05, 3.63) is 70.4 Å². The molecule has 10 heteroatoms. The summed E-state index contributed by atoms with van der Waals surface area (Å²) >= 11 is 0. The van der Waals surface area contributed by atoms with Crippen LogP contribution in [-0.2, 0) is 16.0 Å². The van der Waals surface area contributed by atoms with Crippen LogP contribution in [-0.4, -0.2) is 49.3 Å². The lowest BCUT2D eigenvalue weighted by Crippen LogP contribution is -2.54. The van der Waals surface area contributed by atoms with Gasteiger partial charge in [-0.2, -0.15) is 5.10 Å². The van der Waals surface area contributed by atoms with Gasteiger partial charge in [-0.1, -0.05) is 6.07 Å². The largest absolute Gasteiger partial charge is 0.295 e. The Kier molecular flexibility index (Phi) is 6.10. The first-order chi connectivity index (χ1) is 19.8. The third-order valence-corrected chi connectivity index (χ3v) is 8.95. The van der Waals surface area contributed by atoms with Crippen molar-refractivity contribution in [2.45, 2.75) is 76.3 Å². The number of aromatic nitrogens is 3. The van der Waals surface area contributed by atoms with Gasteiger partial charge >= 0.3 is 0 Å². The fourth-order valence-corrected chi connectivity index (χ4v) is 6.34. The Balaban J connectivity index is 0.991. The van der Waals surface area contributed by atoms with Gasteiger partial charge in [-0.05, 0) is 87.6 Å². The smallest absolute Gasteiger partial charge is 0.262 e. The lowest BCUT2D eigenvalue weighted by atomic mass is 9.77. The molecule has 2 saturated carbocycles. The van der Waals surface area contributed by atoms with Crippen molar-refractivity contribution >= 4 is 23.6 Å². The van der Waals surface area contributed by atoms with E-state index in [0.717, 1.165) is 65.9 Å². The van der Waals surface area contributed by atoms with E-state index in [1.54, 1.807) is 25.1 Å². The highest BCUT2D eigenvalue weighted by atomic mass is 19.1. The first kappa shape index (κ1) is 25.7. The van der Waals surface area contributed by atoms with Gasteiger partial charge in [-0.15, -0.1) is 0 Å². The van der Waals surface area contributed by atoms with Crippen LogP contribution in [0, 0.1) is 18.7 Å². The number of halogens is 1. The minimum atomic E-state index is -0.957. The average Bonchev–Trinajstić information content (AvgIpc) is 3.63. The van der Waals surface area contributed by atoms with E-state index in [2.05, 4.69) is 21.2 Å². The number of rotatable bonds is 7. The topological polar surface area (TPSA) is 114 Å². The molecule has 2 aliphatic carbocycles. The van der Waals surface area contributed by atoms with E-state index >= 15 is 0 Å². The van der Waals surface area contributed by atoms with Gasteiger partial charge in [0.15, 0.2) is 0 Å². The first-order valence-corrected chi connectivity index (χ1v) is 14.3. The van der Waals surface area contributed by atoms with Gasteiger partial charge in [0.05, 0.1) is 34.3 Å². The van der Waals surface area contributed by atoms with E-state index in [1.807, 2.05) is 6.07 Å². The summed E-state index contributed by atoms with van der Waals surface area (Å²) < 4.78 is 15.9. The molecular formula is C31H30FN5O4. The standard InChI is InChI=1S/C31H30FN5O4/c1-16-24(32)8-9-25(33-16)23-15-36(35-28(23)19-5-6-19)20-12-18(13-20)3-2-17-4-7-21-22(14-17)31(41)37(30(21)40)26-10-11-27(38)34-29(26)39/h4,7-9,14-15,18-20,26H,2-3,5-6,10-13H2,1H3,(H,34,38,39). The average molecular weight is 556 g/mol. The highest BCUT2D eigenvalue weighted by Crippen LogP contribution is 2.46. The second-order valence-electron chi connectivity index (χ2n) is 11.8. The molecule has 1 saturated heterocycles. The number of piperidine rings is 1. The molecule has 7 rings (SSSR count). The highest BCUT2D eigenvalue weighted by Gasteiger charge is 2.44. The number of hydrogen-bond acceptors (Lipinski definition) is 6. The second-order valence-corrected chi connectivity index (χ2v) is 11.8. The van der Waals surface area contributed by atoms with Crippen LogP contribution in [0.25, 0.3) is 11.3 Å². The normalized spacial score (nSPS) is 24.0. The number of benzene rings is 1. The Labute approximate surface area is 236 Å². The van der Waals surface area contributed by atoms with Crippen LogP contribution in [0.4, 0.5) is 4.39 Å². The van der Waals surface area contributed by atoms with Crippen LogP contribution >= 0.6 is 0 Å². The molecule has 4 heterocycles. The lowest BCUT2D eigenvalue weighted by Gasteiger charge is -2.35. The fourth-order valence-electron chi connectivity index (χ4n) is 6.34. The van der Waals surface area contributed by atoms with Crippen LogP contribution in [0.15, 0.2) is 36.5 Å². The van der Waals surface area contributed by atoms with Gasteiger partial charge in [-0.3, -0.25) is 34.1 Å². The Morgan fingerprint density at radius 3 is 2.49 bits per heavy atom. The van der Waals surface area contributed by atoms with Gasteiger partial charge < -0.3 is 0 Å². The minimum Gasteiger partial charge on any atom is -0.295 e. The maximum Gasteiger partial charge on any atom is 0.262 e. The molecule has 4 amide bonds. The van der Waals surface area contributed by atoms with Crippen LogP contribution in [0.1, 0.15) is 94.6 Å². The minimum absolute atomic E-state index is 0.0992. The van der Waals surface area contributed by atoms with Gasteiger partial charge in [0.1, 0.15) is 11.9 Å². The molecule has 0 bridgehead atoms. The van der Waals surface area contributed by atoms with Crippen molar-refractivity contribution in [3.63, 3.8) is 0 Å². The maximum atomic E-state index is 13.8. The number of fused-ring (bicyclic) bond motifs is 1. The zero-order valence-corrected chi connectivity index (χ0v) is 22.7. The zero-order chi connectivity index (χ0) is 28.4. The number of nitrogens with zero attached hydrogens (tertiary/aromatic N) is 4. The van der Waals surface area contributed by atoms with E-state index < -0.39 is 23.8 Å².